The molecule has 0 aromatic heterocycles. The van der Waals surface area contributed by atoms with Crippen molar-refractivity contribution in [3.05, 3.63) is 102 Å². The van der Waals surface area contributed by atoms with Gasteiger partial charge in [-0.3, -0.25) is 4.79 Å². The smallest absolute Gasteiger partial charge is 0.343 e. The number of phenols is 2. The van der Waals surface area contributed by atoms with Gasteiger partial charge < -0.3 is 20.1 Å². The van der Waals surface area contributed by atoms with Crippen molar-refractivity contribution in [3.63, 3.8) is 0 Å². The third-order valence-corrected chi connectivity index (χ3v) is 5.60. The molecular weight excluding hydrogens is 444 g/mol. The molecule has 6 nitrogen and oxygen atoms in total. The predicted molar refractivity (Wildman–Crippen MR) is 135 cm³/mol. The molecule has 5 aromatic carbocycles. The first kappa shape index (κ1) is 23.3. The third kappa shape index (κ3) is 5.23. The molecule has 0 aliphatic rings. The van der Waals surface area contributed by atoms with Gasteiger partial charge in [0.25, 0.3) is 6.47 Å². The highest BCUT2D eigenvalue weighted by molar-refractivity contribution is 5.97. The van der Waals surface area contributed by atoms with Crippen LogP contribution in [0.2, 0.25) is 0 Å². The lowest BCUT2D eigenvalue weighted by Crippen LogP contribution is -2.08. The van der Waals surface area contributed by atoms with Gasteiger partial charge in [0.05, 0.1) is 5.56 Å². The molecule has 0 aliphatic carbocycles. The molecule has 0 unspecified atom stereocenters. The Kier molecular flexibility index (Phi) is 6.64. The fraction of sp³-hybridized carbons (Fsp3) is 0.0345. The van der Waals surface area contributed by atoms with Gasteiger partial charge in [0.1, 0.15) is 17.2 Å². The highest BCUT2D eigenvalue weighted by Crippen LogP contribution is 2.31. The van der Waals surface area contributed by atoms with E-state index in [9.17, 15) is 15.0 Å². The van der Waals surface area contributed by atoms with Gasteiger partial charge >= 0.3 is 5.97 Å². The number of aryl methyl sites for hydroxylation is 1. The molecule has 0 aliphatic heterocycles. The maximum absolute atomic E-state index is 12.7. The van der Waals surface area contributed by atoms with Crippen molar-refractivity contribution in [2.24, 2.45) is 0 Å². The molecule has 35 heavy (non-hydrogen) atoms. The summed E-state index contributed by atoms with van der Waals surface area (Å²) < 4.78 is 5.61. The molecule has 0 radical (unpaired) electrons. The van der Waals surface area contributed by atoms with Crippen molar-refractivity contribution in [1.82, 2.24) is 0 Å². The van der Waals surface area contributed by atoms with Gasteiger partial charge in [-0.15, -0.1) is 0 Å². The Morgan fingerprint density at radius 1 is 0.714 bits per heavy atom. The van der Waals surface area contributed by atoms with Crippen molar-refractivity contribution >= 4 is 34.0 Å². The van der Waals surface area contributed by atoms with Gasteiger partial charge in [-0.25, -0.2) is 4.79 Å². The fourth-order valence-corrected chi connectivity index (χ4v) is 3.95. The van der Waals surface area contributed by atoms with Crippen molar-refractivity contribution < 1.29 is 29.6 Å². The van der Waals surface area contributed by atoms with Crippen LogP contribution in [0.15, 0.2) is 91.0 Å². The van der Waals surface area contributed by atoms with Crippen LogP contribution in [0.1, 0.15) is 15.9 Å². The molecule has 6 heteroatoms. The number of hydrogen-bond acceptors (Lipinski definition) is 5. The summed E-state index contributed by atoms with van der Waals surface area (Å²) in [5.74, 6) is 0.482. The van der Waals surface area contributed by atoms with E-state index in [1.54, 1.807) is 54.6 Å². The lowest BCUT2D eigenvalue weighted by molar-refractivity contribution is -0.122. The highest BCUT2D eigenvalue weighted by Gasteiger charge is 2.12. The minimum Gasteiger partial charge on any atom is -0.508 e. The summed E-state index contributed by atoms with van der Waals surface area (Å²) in [5, 5.41) is 29.9. The summed E-state index contributed by atoms with van der Waals surface area (Å²) in [7, 11) is 0. The Balaban J connectivity index is 0.000000917. The van der Waals surface area contributed by atoms with Crippen LogP contribution in [0.5, 0.6) is 17.2 Å². The summed E-state index contributed by atoms with van der Waals surface area (Å²) >= 11 is 0. The molecule has 3 N–H and O–H groups in total. The zero-order valence-electron chi connectivity index (χ0n) is 18.8. The van der Waals surface area contributed by atoms with Gasteiger partial charge in [0, 0.05) is 0 Å². The minimum atomic E-state index is -0.433. The van der Waals surface area contributed by atoms with E-state index in [0.29, 0.717) is 11.3 Å². The number of fused-ring (bicyclic) bond motifs is 2. The molecule has 174 valence electrons. The van der Waals surface area contributed by atoms with Gasteiger partial charge in [0.15, 0.2) is 0 Å². The molecule has 5 rings (SSSR count). The van der Waals surface area contributed by atoms with Crippen LogP contribution >= 0.6 is 0 Å². The number of hydrogen-bond donors (Lipinski definition) is 3. The van der Waals surface area contributed by atoms with E-state index in [4.69, 9.17) is 14.6 Å². The summed E-state index contributed by atoms with van der Waals surface area (Å²) in [6.07, 6.45) is 0. The van der Waals surface area contributed by atoms with E-state index in [1.165, 1.54) is 0 Å². The van der Waals surface area contributed by atoms with E-state index in [0.717, 1.165) is 38.2 Å². The molecule has 0 saturated carbocycles. The molecule has 5 aromatic rings. The first-order valence-electron chi connectivity index (χ1n) is 10.7. The van der Waals surface area contributed by atoms with E-state index in [-0.39, 0.29) is 18.0 Å². The third-order valence-electron chi connectivity index (χ3n) is 5.60. The maximum Gasteiger partial charge on any atom is 0.343 e. The Bertz CT molecular complexity index is 1550. The van der Waals surface area contributed by atoms with Crippen LogP contribution in [-0.2, 0) is 4.79 Å². The topological polar surface area (TPSA) is 104 Å². The quantitative estimate of drug-likeness (QED) is 0.164. The van der Waals surface area contributed by atoms with Crippen molar-refractivity contribution in [2.45, 2.75) is 6.92 Å². The number of aromatic hydroxyl groups is 2. The summed E-state index contributed by atoms with van der Waals surface area (Å²) in [5.41, 5.74) is 3.53. The van der Waals surface area contributed by atoms with Crippen LogP contribution in [0.25, 0.3) is 32.7 Å². The lowest BCUT2D eigenvalue weighted by atomic mass is 9.97. The molecule has 0 atom stereocenters. The van der Waals surface area contributed by atoms with Gasteiger partial charge in [-0.05, 0) is 99.8 Å². The number of carbonyl (C=O) groups excluding carboxylic acids is 1. The van der Waals surface area contributed by atoms with Crippen LogP contribution in [-0.4, -0.2) is 27.8 Å². The average Bonchev–Trinajstić information content (AvgIpc) is 2.84. The monoisotopic (exact) mass is 466 g/mol. The standard InChI is InChI=1S/C28H20O4.CH2O2/c1-17-12-26(32-28(31)23-5-3-21-16-25(30)9-7-19(21)14-23)10-11-27(17)22-4-2-20-15-24(29)8-6-18(20)13-22;2-1-3/h2-16,29-30H,1H3;1H,(H,2,3). The number of phenolic OH excluding ortho intramolecular Hbond substituents is 2. The summed E-state index contributed by atoms with van der Waals surface area (Å²) in [6, 6.07) is 27.2. The van der Waals surface area contributed by atoms with Gasteiger partial charge in [-0.1, -0.05) is 36.4 Å². The number of rotatable bonds is 3. The van der Waals surface area contributed by atoms with Crippen LogP contribution in [0.3, 0.4) is 0 Å². The molecule has 0 amide bonds. The number of benzene rings is 5. The number of ether oxygens (including phenoxy) is 1. The van der Waals surface area contributed by atoms with E-state index in [2.05, 4.69) is 6.07 Å². The highest BCUT2D eigenvalue weighted by atomic mass is 16.5. The summed E-state index contributed by atoms with van der Waals surface area (Å²) in [4.78, 5) is 21.0. The average molecular weight is 466 g/mol. The molecule has 0 heterocycles. The molecule has 0 bridgehead atoms. The molecular formula is C29H22O6. The molecule has 0 saturated heterocycles. The second kappa shape index (κ2) is 9.97. The first-order chi connectivity index (χ1) is 16.9. The largest absolute Gasteiger partial charge is 0.508 e. The fourth-order valence-electron chi connectivity index (χ4n) is 3.95. The number of carboxylic acid groups (broad SMARTS) is 1. The van der Waals surface area contributed by atoms with E-state index < -0.39 is 5.97 Å². The number of carbonyl (C=O) groups is 2. The van der Waals surface area contributed by atoms with Gasteiger partial charge in [0.2, 0.25) is 0 Å². The number of esters is 1. The van der Waals surface area contributed by atoms with Crippen LogP contribution < -0.4 is 4.74 Å². The summed E-state index contributed by atoms with van der Waals surface area (Å²) in [6.45, 7) is 1.73. The van der Waals surface area contributed by atoms with E-state index >= 15 is 0 Å². The SMILES string of the molecule is Cc1cc(OC(=O)c2ccc3cc(O)ccc3c2)ccc1-c1ccc2cc(O)ccc2c1.O=CO. The predicted octanol–water partition coefficient (Wildman–Crippen LogP) is 6.30. The van der Waals surface area contributed by atoms with Gasteiger partial charge in [-0.2, -0.15) is 0 Å². The minimum absolute atomic E-state index is 0.188. The zero-order chi connectivity index (χ0) is 24.9. The Labute approximate surface area is 201 Å². The second-order valence-electron chi connectivity index (χ2n) is 7.96. The molecule has 0 fully saturated rings. The Morgan fingerprint density at radius 3 is 1.89 bits per heavy atom. The van der Waals surface area contributed by atoms with Crippen molar-refractivity contribution in [1.29, 1.82) is 0 Å². The maximum atomic E-state index is 12.7. The van der Waals surface area contributed by atoms with Crippen molar-refractivity contribution in [2.75, 3.05) is 0 Å². The van der Waals surface area contributed by atoms with Crippen molar-refractivity contribution in [3.8, 4) is 28.4 Å². The first-order valence-corrected chi connectivity index (χ1v) is 10.7. The second-order valence-corrected chi connectivity index (χ2v) is 7.96. The van der Waals surface area contributed by atoms with E-state index in [1.807, 2.05) is 37.3 Å². The Morgan fingerprint density at radius 2 is 1.26 bits per heavy atom. The zero-order valence-corrected chi connectivity index (χ0v) is 18.8. The molecule has 0 spiro atoms. The van der Waals surface area contributed by atoms with Crippen LogP contribution in [0.4, 0.5) is 0 Å². The van der Waals surface area contributed by atoms with Crippen LogP contribution in [0, 0.1) is 6.92 Å². The normalized spacial score (nSPS) is 10.4. The Hall–Kier alpha value is -4.84. The lowest BCUT2D eigenvalue weighted by Gasteiger charge is -2.11.